The van der Waals surface area contributed by atoms with Gasteiger partial charge in [-0.1, -0.05) is 18.6 Å². The highest BCUT2D eigenvalue weighted by atomic mass is 32.1. The van der Waals surface area contributed by atoms with Crippen molar-refractivity contribution in [3.8, 4) is 0 Å². The van der Waals surface area contributed by atoms with E-state index in [-0.39, 0.29) is 11.9 Å². The topological polar surface area (TPSA) is 81.4 Å². The molecule has 1 aliphatic rings. The van der Waals surface area contributed by atoms with E-state index in [2.05, 4.69) is 5.32 Å². The molecule has 1 amide bonds. The van der Waals surface area contributed by atoms with Gasteiger partial charge in [0.15, 0.2) is 0 Å². The molecule has 2 aromatic rings. The highest BCUT2D eigenvalue weighted by Gasteiger charge is 2.46. The number of esters is 1. The second kappa shape index (κ2) is 6.75. The molecule has 0 saturated heterocycles. The first kappa shape index (κ1) is 16.7. The van der Waals surface area contributed by atoms with Crippen LogP contribution in [-0.4, -0.2) is 19.0 Å². The summed E-state index contributed by atoms with van der Waals surface area (Å²) < 4.78 is 4.98. The fraction of sp³-hybridized carbons (Fsp3) is 0.333. The number of rotatable bonds is 5. The maximum Gasteiger partial charge on any atom is 0.316 e. The summed E-state index contributed by atoms with van der Waals surface area (Å²) in [7, 11) is 1.42. The molecule has 0 aliphatic heterocycles. The molecule has 24 heavy (non-hydrogen) atoms. The zero-order valence-electron chi connectivity index (χ0n) is 13.5. The van der Waals surface area contributed by atoms with Gasteiger partial charge in [0.2, 0.25) is 0 Å². The van der Waals surface area contributed by atoms with E-state index in [0.29, 0.717) is 17.1 Å². The van der Waals surface area contributed by atoms with Gasteiger partial charge in [-0.05, 0) is 47.5 Å². The van der Waals surface area contributed by atoms with Crippen LogP contribution >= 0.6 is 11.3 Å². The van der Waals surface area contributed by atoms with E-state index in [4.69, 9.17) is 10.5 Å². The van der Waals surface area contributed by atoms with Gasteiger partial charge in [-0.15, -0.1) is 11.3 Å². The number of hydrogen-bond donors (Lipinski definition) is 2. The molecule has 1 saturated carbocycles. The van der Waals surface area contributed by atoms with E-state index in [0.717, 1.165) is 30.4 Å². The molecule has 0 spiro atoms. The average Bonchev–Trinajstić information content (AvgIpc) is 3.03. The van der Waals surface area contributed by atoms with E-state index in [1.807, 2.05) is 29.6 Å². The molecule has 3 rings (SSSR count). The number of anilines is 1. The van der Waals surface area contributed by atoms with Crippen LogP contribution in [0.3, 0.4) is 0 Å². The molecule has 0 bridgehead atoms. The summed E-state index contributed by atoms with van der Waals surface area (Å²) >= 11 is 1.37. The van der Waals surface area contributed by atoms with Gasteiger partial charge in [0.1, 0.15) is 0 Å². The predicted molar refractivity (Wildman–Crippen MR) is 94.2 cm³/mol. The van der Waals surface area contributed by atoms with Crippen LogP contribution in [0.25, 0.3) is 0 Å². The van der Waals surface area contributed by atoms with Gasteiger partial charge in [-0.2, -0.15) is 0 Å². The molecule has 0 unspecified atom stereocenters. The van der Waals surface area contributed by atoms with Crippen LogP contribution < -0.4 is 11.1 Å². The van der Waals surface area contributed by atoms with Crippen LogP contribution in [0.5, 0.6) is 0 Å². The molecule has 6 heteroatoms. The Morgan fingerprint density at radius 3 is 2.71 bits per heavy atom. The zero-order chi connectivity index (χ0) is 17.2. The summed E-state index contributed by atoms with van der Waals surface area (Å²) in [6, 6.07) is 9.26. The minimum absolute atomic E-state index is 0.169. The Labute approximate surface area is 144 Å². The van der Waals surface area contributed by atoms with Gasteiger partial charge >= 0.3 is 5.97 Å². The zero-order valence-corrected chi connectivity index (χ0v) is 14.3. The summed E-state index contributed by atoms with van der Waals surface area (Å²) in [6.45, 7) is 0.418. The standard InChI is InChI=1S/C18H20N2O3S/c1-23-17(22)18(6-3-7-18)13-4-2-5-14(9-13)20-16(21)15-8-12(10-19)11-24-15/h2,4-5,8-9,11H,3,6-7,10,19H2,1H3,(H,20,21). The Bertz CT molecular complexity index is 765. The molecule has 0 radical (unpaired) electrons. The lowest BCUT2D eigenvalue weighted by Crippen LogP contribution is -2.43. The van der Waals surface area contributed by atoms with Crippen molar-refractivity contribution < 1.29 is 14.3 Å². The lowest BCUT2D eigenvalue weighted by atomic mass is 9.64. The Hall–Kier alpha value is -2.18. The highest BCUT2D eigenvalue weighted by Crippen LogP contribution is 2.45. The molecular weight excluding hydrogens is 324 g/mol. The Morgan fingerprint density at radius 1 is 1.33 bits per heavy atom. The highest BCUT2D eigenvalue weighted by molar-refractivity contribution is 7.12. The summed E-state index contributed by atoms with van der Waals surface area (Å²) in [5.41, 5.74) is 7.53. The molecule has 126 valence electrons. The third-order valence-corrected chi connectivity index (χ3v) is 5.55. The Kier molecular flexibility index (Phi) is 4.69. The van der Waals surface area contributed by atoms with E-state index in [1.165, 1.54) is 18.4 Å². The summed E-state index contributed by atoms with van der Waals surface area (Å²) in [5, 5.41) is 4.77. The summed E-state index contributed by atoms with van der Waals surface area (Å²) in [4.78, 5) is 25.2. The van der Waals surface area contributed by atoms with E-state index < -0.39 is 5.41 Å². The number of amides is 1. The average molecular weight is 344 g/mol. The van der Waals surface area contributed by atoms with Crippen LogP contribution in [0.15, 0.2) is 35.7 Å². The third-order valence-electron chi connectivity index (χ3n) is 4.57. The molecular formula is C18H20N2O3S. The first-order valence-corrected chi connectivity index (χ1v) is 8.75. The van der Waals surface area contributed by atoms with Crippen molar-refractivity contribution in [3.63, 3.8) is 0 Å². The van der Waals surface area contributed by atoms with Gasteiger partial charge in [0.05, 0.1) is 17.4 Å². The number of benzene rings is 1. The van der Waals surface area contributed by atoms with Crippen LogP contribution in [0.2, 0.25) is 0 Å². The lowest BCUT2D eigenvalue weighted by molar-refractivity contribution is -0.151. The van der Waals surface area contributed by atoms with Crippen molar-refractivity contribution >= 4 is 28.9 Å². The molecule has 1 heterocycles. The van der Waals surface area contributed by atoms with Crippen LogP contribution in [-0.2, 0) is 21.5 Å². The van der Waals surface area contributed by atoms with Crippen molar-refractivity contribution in [2.24, 2.45) is 5.73 Å². The van der Waals surface area contributed by atoms with Crippen molar-refractivity contribution in [2.75, 3.05) is 12.4 Å². The number of nitrogens with two attached hydrogens (primary N) is 1. The van der Waals surface area contributed by atoms with Crippen molar-refractivity contribution in [3.05, 3.63) is 51.7 Å². The smallest absolute Gasteiger partial charge is 0.316 e. The fourth-order valence-electron chi connectivity index (χ4n) is 3.03. The van der Waals surface area contributed by atoms with Crippen molar-refractivity contribution in [1.29, 1.82) is 0 Å². The fourth-order valence-corrected chi connectivity index (χ4v) is 3.85. The SMILES string of the molecule is COC(=O)C1(c2cccc(NC(=O)c3cc(CN)cs3)c2)CCC1. The van der Waals surface area contributed by atoms with Crippen LogP contribution in [0, 0.1) is 0 Å². The maximum atomic E-state index is 12.3. The Balaban J connectivity index is 1.80. The lowest BCUT2D eigenvalue weighted by Gasteiger charge is -2.39. The molecule has 3 N–H and O–H groups in total. The summed E-state index contributed by atoms with van der Waals surface area (Å²) in [5.74, 6) is -0.374. The van der Waals surface area contributed by atoms with Gasteiger partial charge in [0.25, 0.3) is 5.91 Å². The quantitative estimate of drug-likeness (QED) is 0.817. The van der Waals surface area contributed by atoms with Crippen LogP contribution in [0.1, 0.15) is 40.1 Å². The van der Waals surface area contributed by atoms with Crippen molar-refractivity contribution in [2.45, 2.75) is 31.2 Å². The number of nitrogens with one attached hydrogen (secondary N) is 1. The minimum Gasteiger partial charge on any atom is -0.468 e. The normalized spacial score (nSPS) is 15.4. The number of ether oxygens (including phenoxy) is 1. The molecule has 1 aromatic heterocycles. The number of thiophene rings is 1. The van der Waals surface area contributed by atoms with E-state index >= 15 is 0 Å². The number of carbonyl (C=O) groups excluding carboxylic acids is 2. The molecule has 5 nitrogen and oxygen atoms in total. The van der Waals surface area contributed by atoms with Gasteiger partial charge < -0.3 is 15.8 Å². The first-order valence-electron chi connectivity index (χ1n) is 7.87. The van der Waals surface area contributed by atoms with Gasteiger partial charge in [-0.3, -0.25) is 9.59 Å². The van der Waals surface area contributed by atoms with E-state index in [9.17, 15) is 9.59 Å². The Morgan fingerprint density at radius 2 is 2.12 bits per heavy atom. The van der Waals surface area contributed by atoms with Crippen molar-refractivity contribution in [1.82, 2.24) is 0 Å². The minimum atomic E-state index is -0.564. The predicted octanol–water partition coefficient (Wildman–Crippen LogP) is 3.05. The number of carbonyl (C=O) groups is 2. The monoisotopic (exact) mass is 344 g/mol. The van der Waals surface area contributed by atoms with E-state index in [1.54, 1.807) is 6.07 Å². The van der Waals surface area contributed by atoms with Gasteiger partial charge in [0, 0.05) is 12.2 Å². The van der Waals surface area contributed by atoms with Gasteiger partial charge in [-0.25, -0.2) is 0 Å². The summed E-state index contributed by atoms with van der Waals surface area (Å²) in [6.07, 6.45) is 2.56. The molecule has 0 atom stereocenters. The maximum absolute atomic E-state index is 12.3. The second-order valence-corrected chi connectivity index (χ2v) is 6.90. The number of hydrogen-bond acceptors (Lipinski definition) is 5. The molecule has 1 aliphatic carbocycles. The largest absolute Gasteiger partial charge is 0.468 e. The first-order chi connectivity index (χ1) is 11.6. The molecule has 1 fully saturated rings. The third kappa shape index (κ3) is 2.95. The second-order valence-electron chi connectivity index (χ2n) is 5.99. The number of methoxy groups -OCH3 is 1. The van der Waals surface area contributed by atoms with Crippen LogP contribution in [0.4, 0.5) is 5.69 Å². The molecule has 1 aromatic carbocycles.